The number of rotatable bonds is 4. The van der Waals surface area contributed by atoms with Crippen molar-refractivity contribution in [2.75, 3.05) is 0 Å². The molecule has 0 N–H and O–H groups in total. The van der Waals surface area contributed by atoms with Crippen molar-refractivity contribution in [2.45, 2.75) is 72.1 Å². The molecule has 2 aliphatic heterocycles. The first-order valence-electron chi connectivity index (χ1n) is 12.1. The Hall–Kier alpha value is -3.70. The molecule has 2 unspecified atom stereocenters. The van der Waals surface area contributed by atoms with Gasteiger partial charge in [-0.05, 0) is 74.9 Å². The van der Waals surface area contributed by atoms with Gasteiger partial charge in [-0.3, -0.25) is 4.79 Å². The van der Waals surface area contributed by atoms with E-state index in [0.29, 0.717) is 5.92 Å². The average molecular weight is 492 g/mol. The van der Waals surface area contributed by atoms with E-state index in [-0.39, 0.29) is 36.0 Å². The standard InChI is InChI=1S/C28H33NO4.CO2/c1-17(2)23-13-19-14-26(32-20-10-8-7-9-11-20)18(3)12-21(19)24-15-25(30)22(16-29(23)24)27(31)33-28(4,5)6;2-1-3/h7-12,14,16-17,23-24H,13,15H2,1-6H3;. The fourth-order valence-electron chi connectivity index (χ4n) is 4.67. The van der Waals surface area contributed by atoms with Crippen LogP contribution in [0.1, 0.15) is 63.8 Å². The second kappa shape index (κ2) is 10.9. The molecule has 0 spiro atoms. The predicted octanol–water partition coefficient (Wildman–Crippen LogP) is 5.33. The molecule has 0 aromatic heterocycles. The van der Waals surface area contributed by atoms with Crippen molar-refractivity contribution in [2.24, 2.45) is 5.92 Å². The highest BCUT2D eigenvalue weighted by atomic mass is 16.6. The molecule has 2 atom stereocenters. The number of carbonyl (C=O) groups excluding carboxylic acids is 4. The van der Waals surface area contributed by atoms with Crippen molar-refractivity contribution in [1.29, 1.82) is 0 Å². The van der Waals surface area contributed by atoms with Crippen LogP contribution in [0.3, 0.4) is 0 Å². The van der Waals surface area contributed by atoms with Crippen LogP contribution in [0.2, 0.25) is 0 Å². The van der Waals surface area contributed by atoms with Gasteiger partial charge in [0, 0.05) is 18.7 Å². The molecule has 0 aliphatic carbocycles. The number of fused-ring (bicyclic) bond motifs is 3. The summed E-state index contributed by atoms with van der Waals surface area (Å²) >= 11 is 0. The highest BCUT2D eigenvalue weighted by Gasteiger charge is 2.41. The van der Waals surface area contributed by atoms with Crippen LogP contribution in [0, 0.1) is 12.8 Å². The fraction of sp³-hybridized carbons (Fsp3) is 0.414. The van der Waals surface area contributed by atoms with Gasteiger partial charge in [-0.1, -0.05) is 38.1 Å². The Morgan fingerprint density at radius 2 is 1.72 bits per heavy atom. The number of esters is 1. The molecule has 7 heteroatoms. The minimum absolute atomic E-state index is 0.0932. The van der Waals surface area contributed by atoms with E-state index in [1.807, 2.05) is 58.0 Å². The zero-order valence-electron chi connectivity index (χ0n) is 21.7. The van der Waals surface area contributed by atoms with E-state index < -0.39 is 11.6 Å². The number of carbonyl (C=O) groups is 2. The van der Waals surface area contributed by atoms with E-state index in [1.165, 1.54) is 5.56 Å². The zero-order chi connectivity index (χ0) is 26.6. The van der Waals surface area contributed by atoms with Gasteiger partial charge in [-0.25, -0.2) is 4.79 Å². The molecular formula is C29H33NO6. The zero-order valence-corrected chi connectivity index (χ0v) is 21.7. The molecule has 190 valence electrons. The second-order valence-electron chi connectivity index (χ2n) is 10.5. The number of nitrogens with zero attached hydrogens (tertiary/aromatic N) is 1. The van der Waals surface area contributed by atoms with Crippen molar-refractivity contribution in [1.82, 2.24) is 4.90 Å². The monoisotopic (exact) mass is 491 g/mol. The molecule has 0 amide bonds. The second-order valence-corrected chi connectivity index (χ2v) is 10.5. The highest BCUT2D eigenvalue weighted by Crippen LogP contribution is 2.44. The van der Waals surface area contributed by atoms with Gasteiger partial charge in [0.2, 0.25) is 0 Å². The Balaban J connectivity index is 0.00000115. The molecule has 2 aliphatic rings. The Bertz CT molecular complexity index is 1190. The number of ether oxygens (including phenoxy) is 2. The van der Waals surface area contributed by atoms with Crippen LogP contribution in [0.4, 0.5) is 0 Å². The molecular weight excluding hydrogens is 458 g/mol. The molecule has 36 heavy (non-hydrogen) atoms. The normalized spacial score (nSPS) is 18.7. The Kier molecular flexibility index (Phi) is 8.16. The van der Waals surface area contributed by atoms with Gasteiger partial charge in [0.05, 0.1) is 6.04 Å². The third-order valence-corrected chi connectivity index (χ3v) is 6.28. The number of hydrogen-bond acceptors (Lipinski definition) is 7. The number of hydrogen-bond donors (Lipinski definition) is 0. The van der Waals surface area contributed by atoms with Crippen LogP contribution in [0.5, 0.6) is 11.5 Å². The summed E-state index contributed by atoms with van der Waals surface area (Å²) in [6.07, 6.45) is 3.09. The molecule has 7 nitrogen and oxygen atoms in total. The third kappa shape index (κ3) is 6.10. The quantitative estimate of drug-likeness (QED) is 0.422. The van der Waals surface area contributed by atoms with Gasteiger partial charge in [0.1, 0.15) is 22.7 Å². The number of Topliss-reactive ketones (excluding diaryl/α,β-unsaturated/α-hetero) is 1. The highest BCUT2D eigenvalue weighted by molar-refractivity contribution is 6.18. The molecule has 0 saturated heterocycles. The summed E-state index contributed by atoms with van der Waals surface area (Å²) in [6, 6.07) is 14.1. The van der Waals surface area contributed by atoms with E-state index in [2.05, 4.69) is 30.9 Å². The van der Waals surface area contributed by atoms with Crippen molar-refractivity contribution < 1.29 is 28.7 Å². The van der Waals surface area contributed by atoms with Crippen molar-refractivity contribution >= 4 is 17.9 Å². The van der Waals surface area contributed by atoms with Crippen LogP contribution in [0.15, 0.2) is 54.2 Å². The number of aryl methyl sites for hydroxylation is 1. The lowest BCUT2D eigenvalue weighted by Gasteiger charge is -2.47. The first-order valence-corrected chi connectivity index (χ1v) is 12.1. The van der Waals surface area contributed by atoms with Crippen molar-refractivity contribution in [3.63, 3.8) is 0 Å². The number of para-hydroxylation sites is 1. The Morgan fingerprint density at radius 3 is 2.31 bits per heavy atom. The number of benzene rings is 2. The number of ketones is 1. The lowest BCUT2D eigenvalue weighted by molar-refractivity contribution is -0.191. The molecule has 0 bridgehead atoms. The van der Waals surface area contributed by atoms with Crippen LogP contribution in [-0.2, 0) is 30.3 Å². The van der Waals surface area contributed by atoms with Gasteiger partial charge in [0.25, 0.3) is 0 Å². The summed E-state index contributed by atoms with van der Waals surface area (Å²) < 4.78 is 11.7. The van der Waals surface area contributed by atoms with E-state index in [0.717, 1.165) is 29.0 Å². The summed E-state index contributed by atoms with van der Waals surface area (Å²) in [6.45, 7) is 11.8. The SMILES string of the molecule is Cc1cc2c(cc1Oc1ccccc1)CC(C(C)C)N1C=C(C(=O)OC(C)(C)C)C(=O)CC21.O=C=O. The molecule has 2 aromatic carbocycles. The fourth-order valence-corrected chi connectivity index (χ4v) is 4.67. The van der Waals surface area contributed by atoms with E-state index in [9.17, 15) is 9.59 Å². The molecule has 0 saturated carbocycles. The molecule has 2 aromatic rings. The van der Waals surface area contributed by atoms with Gasteiger partial charge in [-0.15, -0.1) is 0 Å². The third-order valence-electron chi connectivity index (χ3n) is 6.28. The Morgan fingerprint density at radius 1 is 1.08 bits per heavy atom. The maximum atomic E-state index is 13.0. The average Bonchev–Trinajstić information content (AvgIpc) is 2.79. The van der Waals surface area contributed by atoms with Crippen molar-refractivity contribution in [3.8, 4) is 11.5 Å². The van der Waals surface area contributed by atoms with E-state index in [1.54, 1.807) is 6.20 Å². The smallest absolute Gasteiger partial charge is 0.373 e. The Labute approximate surface area is 212 Å². The minimum Gasteiger partial charge on any atom is -0.457 e. The molecule has 0 fully saturated rings. The van der Waals surface area contributed by atoms with Crippen LogP contribution in [0.25, 0.3) is 0 Å². The maximum Gasteiger partial charge on any atom is 0.373 e. The molecule has 2 heterocycles. The summed E-state index contributed by atoms with van der Waals surface area (Å²) in [5.74, 6) is 1.27. The van der Waals surface area contributed by atoms with E-state index in [4.69, 9.17) is 19.1 Å². The van der Waals surface area contributed by atoms with Gasteiger partial charge in [-0.2, -0.15) is 9.59 Å². The predicted molar refractivity (Wildman–Crippen MR) is 133 cm³/mol. The minimum atomic E-state index is -0.646. The molecule has 0 radical (unpaired) electrons. The van der Waals surface area contributed by atoms with Crippen molar-refractivity contribution in [3.05, 3.63) is 70.9 Å². The summed E-state index contributed by atoms with van der Waals surface area (Å²) in [5, 5.41) is 0. The van der Waals surface area contributed by atoms with Gasteiger partial charge >= 0.3 is 12.1 Å². The lowest BCUT2D eigenvalue weighted by atomic mass is 9.79. The maximum absolute atomic E-state index is 13.0. The van der Waals surface area contributed by atoms with E-state index >= 15 is 0 Å². The lowest BCUT2D eigenvalue weighted by Crippen LogP contribution is -2.47. The van der Waals surface area contributed by atoms with Crippen LogP contribution >= 0.6 is 0 Å². The van der Waals surface area contributed by atoms with Gasteiger partial charge < -0.3 is 14.4 Å². The summed E-state index contributed by atoms with van der Waals surface area (Å²) in [4.78, 5) is 44.2. The van der Waals surface area contributed by atoms with Crippen LogP contribution < -0.4 is 4.74 Å². The summed E-state index contributed by atoms with van der Waals surface area (Å²) in [5.41, 5.74) is 2.87. The summed E-state index contributed by atoms with van der Waals surface area (Å²) in [7, 11) is 0. The largest absolute Gasteiger partial charge is 0.457 e. The first kappa shape index (κ1) is 26.9. The first-order chi connectivity index (χ1) is 16.9. The van der Waals surface area contributed by atoms with Crippen LogP contribution in [-0.4, -0.2) is 34.4 Å². The van der Waals surface area contributed by atoms with Gasteiger partial charge in [0.15, 0.2) is 5.78 Å². The topological polar surface area (TPSA) is 90.0 Å². The molecule has 4 rings (SSSR count).